The summed E-state index contributed by atoms with van der Waals surface area (Å²) in [5.74, 6) is 1.21. The van der Waals surface area contributed by atoms with E-state index in [0.717, 1.165) is 5.56 Å². The standard InChI is InChI=1S/C24H23N3O4/c1-16-12-18(9-10-21(16)31-19-6-5-11-25-14-19)26-24(29)17-13-23(28)27(15-17)20-7-3-4-8-22(20)30-2/h3-12,14,17H,13,15H2,1-2H3,(H,26,29). The number of pyridine rings is 1. The number of rotatable bonds is 6. The van der Waals surface area contributed by atoms with Crippen LogP contribution in [0.1, 0.15) is 12.0 Å². The van der Waals surface area contributed by atoms with Crippen molar-refractivity contribution in [1.29, 1.82) is 0 Å². The zero-order valence-corrected chi connectivity index (χ0v) is 17.4. The Hall–Kier alpha value is -3.87. The first-order valence-electron chi connectivity index (χ1n) is 9.98. The van der Waals surface area contributed by atoms with E-state index < -0.39 is 5.92 Å². The molecule has 1 N–H and O–H groups in total. The Kier molecular flexibility index (Phi) is 5.84. The maximum absolute atomic E-state index is 12.8. The van der Waals surface area contributed by atoms with Gasteiger partial charge in [0.05, 0.1) is 24.9 Å². The van der Waals surface area contributed by atoms with Gasteiger partial charge in [0.15, 0.2) is 0 Å². The molecule has 0 bridgehead atoms. The van der Waals surface area contributed by atoms with Gasteiger partial charge in [-0.2, -0.15) is 0 Å². The molecule has 4 rings (SSSR count). The highest BCUT2D eigenvalue weighted by Gasteiger charge is 2.36. The number of hydrogen-bond acceptors (Lipinski definition) is 5. The minimum absolute atomic E-state index is 0.0963. The number of amides is 2. The lowest BCUT2D eigenvalue weighted by atomic mass is 10.1. The Labute approximate surface area is 180 Å². The van der Waals surface area contributed by atoms with E-state index in [1.165, 1.54) is 0 Å². The van der Waals surface area contributed by atoms with Crippen LogP contribution in [0.4, 0.5) is 11.4 Å². The van der Waals surface area contributed by atoms with Gasteiger partial charge in [0.25, 0.3) is 0 Å². The summed E-state index contributed by atoms with van der Waals surface area (Å²) in [7, 11) is 1.56. The van der Waals surface area contributed by atoms with Crippen molar-refractivity contribution in [2.24, 2.45) is 5.92 Å². The number of nitrogens with zero attached hydrogens (tertiary/aromatic N) is 2. The van der Waals surface area contributed by atoms with Gasteiger partial charge in [0.2, 0.25) is 11.8 Å². The molecule has 158 valence electrons. The highest BCUT2D eigenvalue weighted by molar-refractivity contribution is 6.04. The van der Waals surface area contributed by atoms with Crippen LogP contribution in [-0.2, 0) is 9.59 Å². The molecule has 0 saturated carbocycles. The molecule has 1 saturated heterocycles. The summed E-state index contributed by atoms with van der Waals surface area (Å²) >= 11 is 0. The van der Waals surface area contributed by atoms with Gasteiger partial charge in [-0.3, -0.25) is 14.6 Å². The third-order valence-corrected chi connectivity index (χ3v) is 5.18. The Bertz CT molecular complexity index is 1100. The van der Waals surface area contributed by atoms with Crippen LogP contribution < -0.4 is 19.7 Å². The molecule has 0 aliphatic carbocycles. The normalized spacial score (nSPS) is 15.6. The van der Waals surface area contributed by atoms with E-state index in [0.29, 0.717) is 35.2 Å². The van der Waals surface area contributed by atoms with Crippen LogP contribution in [-0.4, -0.2) is 30.5 Å². The number of anilines is 2. The van der Waals surface area contributed by atoms with Crippen molar-refractivity contribution in [3.8, 4) is 17.2 Å². The summed E-state index contributed by atoms with van der Waals surface area (Å²) in [6, 6.07) is 16.4. The summed E-state index contributed by atoms with van der Waals surface area (Å²) in [6.45, 7) is 2.22. The molecular weight excluding hydrogens is 394 g/mol. The molecule has 2 heterocycles. The summed E-state index contributed by atoms with van der Waals surface area (Å²) < 4.78 is 11.2. The molecule has 1 aliphatic heterocycles. The zero-order chi connectivity index (χ0) is 21.8. The average Bonchev–Trinajstić information content (AvgIpc) is 3.18. The number of aryl methyl sites for hydroxylation is 1. The van der Waals surface area contributed by atoms with E-state index in [4.69, 9.17) is 9.47 Å². The highest BCUT2D eigenvalue weighted by Crippen LogP contribution is 2.33. The summed E-state index contributed by atoms with van der Waals surface area (Å²) in [6.07, 6.45) is 3.48. The highest BCUT2D eigenvalue weighted by atomic mass is 16.5. The van der Waals surface area contributed by atoms with E-state index >= 15 is 0 Å². The first-order valence-corrected chi connectivity index (χ1v) is 9.98. The van der Waals surface area contributed by atoms with Crippen molar-refractivity contribution in [2.45, 2.75) is 13.3 Å². The third-order valence-electron chi connectivity index (χ3n) is 5.18. The van der Waals surface area contributed by atoms with Gasteiger partial charge < -0.3 is 19.7 Å². The van der Waals surface area contributed by atoms with Gasteiger partial charge >= 0.3 is 0 Å². The quantitative estimate of drug-likeness (QED) is 0.651. The Morgan fingerprint density at radius 2 is 1.97 bits per heavy atom. The van der Waals surface area contributed by atoms with Gasteiger partial charge in [-0.15, -0.1) is 0 Å². The molecule has 7 heteroatoms. The molecule has 2 amide bonds. The second-order valence-corrected chi connectivity index (χ2v) is 7.34. The average molecular weight is 417 g/mol. The summed E-state index contributed by atoms with van der Waals surface area (Å²) in [4.78, 5) is 31.0. The fraction of sp³-hybridized carbons (Fsp3) is 0.208. The minimum atomic E-state index is -0.441. The van der Waals surface area contributed by atoms with Crippen LogP contribution >= 0.6 is 0 Å². The second kappa shape index (κ2) is 8.87. The van der Waals surface area contributed by atoms with Crippen LogP contribution in [0.3, 0.4) is 0 Å². The third kappa shape index (κ3) is 4.50. The number of carbonyl (C=O) groups is 2. The number of hydrogen-bond donors (Lipinski definition) is 1. The topological polar surface area (TPSA) is 80.8 Å². The van der Waals surface area contributed by atoms with Crippen molar-refractivity contribution in [3.05, 3.63) is 72.6 Å². The van der Waals surface area contributed by atoms with Gasteiger partial charge in [-0.05, 0) is 55.0 Å². The molecule has 31 heavy (non-hydrogen) atoms. The number of carbonyl (C=O) groups excluding carboxylic acids is 2. The molecule has 7 nitrogen and oxygen atoms in total. The van der Waals surface area contributed by atoms with Crippen molar-refractivity contribution in [1.82, 2.24) is 4.98 Å². The fourth-order valence-corrected chi connectivity index (χ4v) is 3.59. The molecule has 1 aliphatic rings. The lowest BCUT2D eigenvalue weighted by Gasteiger charge is -2.19. The molecule has 3 aromatic rings. The van der Waals surface area contributed by atoms with E-state index in [2.05, 4.69) is 10.3 Å². The lowest BCUT2D eigenvalue weighted by Crippen LogP contribution is -2.28. The summed E-state index contributed by atoms with van der Waals surface area (Å²) in [5, 5.41) is 2.92. The second-order valence-electron chi connectivity index (χ2n) is 7.34. The van der Waals surface area contributed by atoms with Crippen LogP contribution in [0.2, 0.25) is 0 Å². The van der Waals surface area contributed by atoms with Gasteiger partial charge in [-0.25, -0.2) is 0 Å². The van der Waals surface area contributed by atoms with Crippen molar-refractivity contribution < 1.29 is 19.1 Å². The number of para-hydroxylation sites is 2. The van der Waals surface area contributed by atoms with Crippen molar-refractivity contribution >= 4 is 23.2 Å². The molecule has 0 spiro atoms. The largest absolute Gasteiger partial charge is 0.495 e. The zero-order valence-electron chi connectivity index (χ0n) is 17.4. The van der Waals surface area contributed by atoms with Gasteiger partial charge in [0.1, 0.15) is 17.2 Å². The fourth-order valence-electron chi connectivity index (χ4n) is 3.59. The monoisotopic (exact) mass is 417 g/mol. The van der Waals surface area contributed by atoms with Gasteiger partial charge in [-0.1, -0.05) is 12.1 Å². The number of ether oxygens (including phenoxy) is 2. The lowest BCUT2D eigenvalue weighted by molar-refractivity contribution is -0.122. The molecule has 0 radical (unpaired) electrons. The van der Waals surface area contributed by atoms with E-state index in [9.17, 15) is 9.59 Å². The molecule has 2 aromatic carbocycles. The van der Waals surface area contributed by atoms with E-state index in [-0.39, 0.29) is 18.2 Å². The van der Waals surface area contributed by atoms with Crippen LogP contribution in [0.15, 0.2) is 67.0 Å². The maximum atomic E-state index is 12.8. The number of benzene rings is 2. The predicted molar refractivity (Wildman–Crippen MR) is 118 cm³/mol. The summed E-state index contributed by atoms with van der Waals surface area (Å²) in [5.41, 5.74) is 2.21. The van der Waals surface area contributed by atoms with Crippen LogP contribution in [0, 0.1) is 12.8 Å². The van der Waals surface area contributed by atoms with Crippen molar-refractivity contribution in [2.75, 3.05) is 23.9 Å². The van der Waals surface area contributed by atoms with E-state index in [1.54, 1.807) is 48.7 Å². The Morgan fingerprint density at radius 1 is 1.13 bits per heavy atom. The maximum Gasteiger partial charge on any atom is 0.229 e. The number of nitrogens with one attached hydrogen (secondary N) is 1. The molecule has 1 unspecified atom stereocenters. The number of aromatic nitrogens is 1. The van der Waals surface area contributed by atoms with E-state index in [1.807, 2.05) is 37.3 Å². The first-order chi connectivity index (χ1) is 15.0. The minimum Gasteiger partial charge on any atom is -0.495 e. The molecule has 1 atom stereocenters. The predicted octanol–water partition coefficient (Wildman–Crippen LogP) is 4.18. The molecule has 1 fully saturated rings. The number of methoxy groups -OCH3 is 1. The molecule has 1 aromatic heterocycles. The Morgan fingerprint density at radius 3 is 2.71 bits per heavy atom. The van der Waals surface area contributed by atoms with Gasteiger partial charge in [0, 0.05) is 24.8 Å². The van der Waals surface area contributed by atoms with Crippen LogP contribution in [0.25, 0.3) is 0 Å². The first kappa shape index (κ1) is 20.4. The SMILES string of the molecule is COc1ccccc1N1CC(C(=O)Nc2ccc(Oc3cccnc3)c(C)c2)CC1=O. The molecular formula is C24H23N3O4. The van der Waals surface area contributed by atoms with Crippen molar-refractivity contribution in [3.63, 3.8) is 0 Å². The Balaban J connectivity index is 1.43. The van der Waals surface area contributed by atoms with Crippen LogP contribution in [0.5, 0.6) is 17.2 Å². The smallest absolute Gasteiger partial charge is 0.229 e.